The Balaban J connectivity index is 2.75. The average molecular weight is 343 g/mol. The van der Waals surface area contributed by atoms with Crippen LogP contribution in [0.25, 0.3) is 0 Å². The molecule has 9 heteroatoms. The molecule has 0 aliphatic carbocycles. The molecule has 0 aliphatic rings. The second kappa shape index (κ2) is 8.31. The molecule has 0 radical (unpaired) electrons. The number of benzene rings is 1. The normalized spacial score (nSPS) is 13.6. The zero-order chi connectivity index (χ0) is 18.3. The van der Waals surface area contributed by atoms with Crippen LogP contribution in [0, 0.1) is 11.3 Å². The molecule has 6 nitrogen and oxygen atoms in total. The zero-order valence-corrected chi connectivity index (χ0v) is 12.5. The highest BCUT2D eigenvalue weighted by molar-refractivity contribution is 5.88. The summed E-state index contributed by atoms with van der Waals surface area (Å²) in [6, 6.07) is 4.23. The molecule has 130 valence electrons. The first kappa shape index (κ1) is 19.4. The Hall–Kier alpha value is -2.60. The van der Waals surface area contributed by atoms with Crippen LogP contribution in [0.15, 0.2) is 24.3 Å². The smallest absolute Gasteiger partial charge is 0.378 e. The molecule has 0 aromatic heterocycles. The number of hydrogen-bond acceptors (Lipinski definition) is 4. The number of halogens is 3. The van der Waals surface area contributed by atoms with Crippen LogP contribution in [0.4, 0.5) is 13.2 Å². The SMILES string of the molecule is N#CCCC[C@@H](NC(=O)[C@H](O)c1ccc(C(F)(F)F)cc1)C(N)=O. The van der Waals surface area contributed by atoms with Crippen LogP contribution in [0.1, 0.15) is 36.5 Å². The number of aliphatic hydroxyl groups is 1. The van der Waals surface area contributed by atoms with Gasteiger partial charge in [0, 0.05) is 6.42 Å². The first-order valence-electron chi connectivity index (χ1n) is 6.98. The molecule has 0 heterocycles. The van der Waals surface area contributed by atoms with Gasteiger partial charge in [0.1, 0.15) is 6.04 Å². The maximum atomic E-state index is 12.5. The molecule has 0 saturated heterocycles. The number of nitriles is 1. The average Bonchev–Trinajstić information content (AvgIpc) is 2.52. The number of alkyl halides is 3. The molecule has 0 saturated carbocycles. The van der Waals surface area contributed by atoms with Gasteiger partial charge in [-0.3, -0.25) is 9.59 Å². The molecule has 1 aromatic rings. The Bertz CT molecular complexity index is 624. The molecule has 0 bridgehead atoms. The summed E-state index contributed by atoms with van der Waals surface area (Å²) in [5, 5.41) is 20.6. The monoisotopic (exact) mass is 343 g/mol. The van der Waals surface area contributed by atoms with Crippen molar-refractivity contribution in [1.82, 2.24) is 5.32 Å². The molecule has 24 heavy (non-hydrogen) atoms. The largest absolute Gasteiger partial charge is 0.416 e. The van der Waals surface area contributed by atoms with Gasteiger partial charge in [-0.15, -0.1) is 0 Å². The van der Waals surface area contributed by atoms with Crippen molar-refractivity contribution in [3.05, 3.63) is 35.4 Å². The minimum atomic E-state index is -4.52. The van der Waals surface area contributed by atoms with E-state index in [1.165, 1.54) is 0 Å². The Morgan fingerprint density at radius 3 is 2.33 bits per heavy atom. The number of nitrogens with zero attached hydrogens (tertiary/aromatic N) is 1. The molecule has 2 amide bonds. The van der Waals surface area contributed by atoms with E-state index < -0.39 is 35.7 Å². The van der Waals surface area contributed by atoms with E-state index in [4.69, 9.17) is 11.0 Å². The molecule has 0 spiro atoms. The van der Waals surface area contributed by atoms with Gasteiger partial charge in [0.25, 0.3) is 5.91 Å². The molecular formula is C15H16F3N3O3. The molecule has 0 aliphatic heterocycles. The lowest BCUT2D eigenvalue weighted by atomic mass is 10.0. The fraction of sp³-hybridized carbons (Fsp3) is 0.400. The minimum Gasteiger partial charge on any atom is -0.378 e. The van der Waals surface area contributed by atoms with E-state index in [0.717, 1.165) is 24.3 Å². The van der Waals surface area contributed by atoms with Crippen LogP contribution in [0.2, 0.25) is 0 Å². The third-order valence-corrected chi connectivity index (χ3v) is 3.24. The molecular weight excluding hydrogens is 327 g/mol. The molecule has 4 N–H and O–H groups in total. The van der Waals surface area contributed by atoms with Gasteiger partial charge in [-0.1, -0.05) is 12.1 Å². The fourth-order valence-electron chi connectivity index (χ4n) is 1.93. The number of primary amides is 1. The summed E-state index contributed by atoms with van der Waals surface area (Å²) in [4.78, 5) is 23.2. The van der Waals surface area contributed by atoms with Gasteiger partial charge < -0.3 is 16.2 Å². The summed E-state index contributed by atoms with van der Waals surface area (Å²) in [6.07, 6.45) is -5.66. The first-order valence-corrected chi connectivity index (χ1v) is 6.98. The second-order valence-electron chi connectivity index (χ2n) is 5.04. The minimum absolute atomic E-state index is 0.0549. The van der Waals surface area contributed by atoms with Crippen molar-refractivity contribution in [3.63, 3.8) is 0 Å². The van der Waals surface area contributed by atoms with Crippen LogP contribution < -0.4 is 11.1 Å². The third kappa shape index (κ3) is 5.55. The van der Waals surface area contributed by atoms with Crippen LogP contribution >= 0.6 is 0 Å². The van der Waals surface area contributed by atoms with Gasteiger partial charge in [-0.25, -0.2) is 0 Å². The summed E-state index contributed by atoms with van der Waals surface area (Å²) in [7, 11) is 0. The van der Waals surface area contributed by atoms with Crippen LogP contribution in [-0.4, -0.2) is 23.0 Å². The third-order valence-electron chi connectivity index (χ3n) is 3.24. The van der Waals surface area contributed by atoms with E-state index in [-0.39, 0.29) is 18.4 Å². The quantitative estimate of drug-likeness (QED) is 0.649. The maximum absolute atomic E-state index is 12.5. The molecule has 2 atom stereocenters. The lowest BCUT2D eigenvalue weighted by molar-refractivity contribution is -0.137. The highest BCUT2D eigenvalue weighted by Crippen LogP contribution is 2.29. The van der Waals surface area contributed by atoms with Crippen molar-refractivity contribution in [2.75, 3.05) is 0 Å². The molecule has 0 fully saturated rings. The highest BCUT2D eigenvalue weighted by Gasteiger charge is 2.31. The number of nitrogens with one attached hydrogen (secondary N) is 1. The van der Waals surface area contributed by atoms with Crippen LogP contribution in [0.3, 0.4) is 0 Å². The molecule has 0 unspecified atom stereocenters. The summed E-state index contributed by atoms with van der Waals surface area (Å²) in [5.41, 5.74) is 4.16. The second-order valence-corrected chi connectivity index (χ2v) is 5.04. The van der Waals surface area contributed by atoms with E-state index in [1.807, 2.05) is 6.07 Å². The summed E-state index contributed by atoms with van der Waals surface area (Å²) >= 11 is 0. The number of carbonyl (C=O) groups is 2. The van der Waals surface area contributed by atoms with E-state index >= 15 is 0 Å². The number of unbranched alkanes of at least 4 members (excludes halogenated alkanes) is 1. The Labute approximate surface area is 136 Å². The Kier molecular flexibility index (Phi) is 6.73. The summed E-state index contributed by atoms with van der Waals surface area (Å²) in [6.45, 7) is 0. The Morgan fingerprint density at radius 2 is 1.88 bits per heavy atom. The van der Waals surface area contributed by atoms with E-state index in [1.54, 1.807) is 0 Å². The van der Waals surface area contributed by atoms with Crippen molar-refractivity contribution >= 4 is 11.8 Å². The number of hydrogen-bond donors (Lipinski definition) is 3. The number of aliphatic hydroxyl groups excluding tert-OH is 1. The number of carbonyl (C=O) groups excluding carboxylic acids is 2. The highest BCUT2D eigenvalue weighted by atomic mass is 19.4. The van der Waals surface area contributed by atoms with Crippen molar-refractivity contribution in [2.24, 2.45) is 5.73 Å². The van der Waals surface area contributed by atoms with E-state index in [2.05, 4.69) is 5.32 Å². The zero-order valence-electron chi connectivity index (χ0n) is 12.5. The van der Waals surface area contributed by atoms with E-state index in [9.17, 15) is 27.9 Å². The van der Waals surface area contributed by atoms with Gasteiger partial charge in [-0.05, 0) is 30.5 Å². The van der Waals surface area contributed by atoms with Crippen molar-refractivity contribution < 1.29 is 27.9 Å². The van der Waals surface area contributed by atoms with Gasteiger partial charge in [-0.2, -0.15) is 18.4 Å². The van der Waals surface area contributed by atoms with Crippen LogP contribution in [0.5, 0.6) is 0 Å². The predicted molar refractivity (Wildman–Crippen MR) is 77.0 cm³/mol. The van der Waals surface area contributed by atoms with Gasteiger partial charge in [0.15, 0.2) is 6.10 Å². The summed E-state index contributed by atoms with van der Waals surface area (Å²) < 4.78 is 37.4. The Morgan fingerprint density at radius 1 is 1.29 bits per heavy atom. The lowest BCUT2D eigenvalue weighted by Gasteiger charge is -2.18. The number of rotatable bonds is 7. The van der Waals surface area contributed by atoms with Crippen molar-refractivity contribution in [3.8, 4) is 6.07 Å². The summed E-state index contributed by atoms with van der Waals surface area (Å²) in [5.74, 6) is -1.79. The standard InChI is InChI=1S/C15H16F3N3O3/c16-15(17,18)10-6-4-9(5-7-10)12(22)14(24)21-11(13(20)23)3-1-2-8-19/h4-7,11-12,22H,1-3H2,(H2,20,23)(H,21,24)/t11-,12-/m1/s1. The first-order chi connectivity index (χ1) is 11.2. The maximum Gasteiger partial charge on any atom is 0.416 e. The number of amides is 2. The van der Waals surface area contributed by atoms with Gasteiger partial charge in [0.2, 0.25) is 5.91 Å². The van der Waals surface area contributed by atoms with Crippen molar-refractivity contribution in [2.45, 2.75) is 37.6 Å². The van der Waals surface area contributed by atoms with E-state index in [0.29, 0.717) is 6.42 Å². The lowest BCUT2D eigenvalue weighted by Crippen LogP contribution is -2.46. The topological polar surface area (TPSA) is 116 Å². The van der Waals surface area contributed by atoms with Crippen LogP contribution in [-0.2, 0) is 15.8 Å². The number of nitrogens with two attached hydrogens (primary N) is 1. The fourth-order valence-corrected chi connectivity index (χ4v) is 1.93. The predicted octanol–water partition coefficient (Wildman–Crippen LogP) is 1.40. The van der Waals surface area contributed by atoms with Crippen molar-refractivity contribution in [1.29, 1.82) is 5.26 Å². The van der Waals surface area contributed by atoms with Gasteiger partial charge in [0.05, 0.1) is 11.6 Å². The van der Waals surface area contributed by atoms with Gasteiger partial charge >= 0.3 is 6.18 Å². The molecule has 1 rings (SSSR count). The molecule has 1 aromatic carbocycles.